The van der Waals surface area contributed by atoms with E-state index in [1.807, 2.05) is 0 Å². The van der Waals surface area contributed by atoms with Gasteiger partial charge in [-0.05, 0) is 37.1 Å². The Morgan fingerprint density at radius 3 is 1.58 bits per heavy atom. The summed E-state index contributed by atoms with van der Waals surface area (Å²) >= 11 is 0. The van der Waals surface area contributed by atoms with Crippen molar-refractivity contribution in [3.63, 3.8) is 0 Å². The van der Waals surface area contributed by atoms with Gasteiger partial charge in [0.05, 0.1) is 24.3 Å². The first kappa shape index (κ1) is 22.3. The standard InChI is InChI=1S/C23H26FN3O4/c1-3-5-11-30-15-7-9-17(19(28)13-15)21-25-22(27-23(24)26-21)18-10-8-16(14-20(18)29)31-12-6-4-2/h7-10,13-14,28-29H,3-6,11-12H2,1-2H3. The molecule has 2 N–H and O–H groups in total. The summed E-state index contributed by atoms with van der Waals surface area (Å²) in [5.74, 6) is 0.607. The first-order valence-corrected chi connectivity index (χ1v) is 10.4. The summed E-state index contributed by atoms with van der Waals surface area (Å²) in [7, 11) is 0. The predicted molar refractivity (Wildman–Crippen MR) is 115 cm³/mol. The molecule has 0 atom stereocenters. The van der Waals surface area contributed by atoms with Crippen LogP contribution in [-0.4, -0.2) is 38.4 Å². The molecule has 8 heteroatoms. The van der Waals surface area contributed by atoms with Crippen LogP contribution in [0.15, 0.2) is 36.4 Å². The minimum Gasteiger partial charge on any atom is -0.507 e. The topological polar surface area (TPSA) is 97.6 Å². The lowest BCUT2D eigenvalue weighted by Crippen LogP contribution is -2.02. The Kier molecular flexibility index (Phi) is 7.59. The van der Waals surface area contributed by atoms with Crippen molar-refractivity contribution in [3.8, 4) is 45.8 Å². The molecule has 31 heavy (non-hydrogen) atoms. The van der Waals surface area contributed by atoms with Crippen molar-refractivity contribution >= 4 is 0 Å². The first-order valence-electron chi connectivity index (χ1n) is 10.4. The normalized spacial score (nSPS) is 10.8. The number of halogens is 1. The van der Waals surface area contributed by atoms with Crippen molar-refractivity contribution in [1.29, 1.82) is 0 Å². The Bertz CT molecular complexity index is 952. The molecule has 0 spiro atoms. The number of unbranched alkanes of at least 4 members (excludes halogenated alkanes) is 2. The van der Waals surface area contributed by atoms with Gasteiger partial charge in [-0.2, -0.15) is 14.4 Å². The molecule has 0 aliphatic heterocycles. The number of nitrogens with zero attached hydrogens (tertiary/aromatic N) is 3. The van der Waals surface area contributed by atoms with E-state index in [4.69, 9.17) is 9.47 Å². The van der Waals surface area contributed by atoms with E-state index in [-0.39, 0.29) is 34.3 Å². The van der Waals surface area contributed by atoms with E-state index in [2.05, 4.69) is 28.8 Å². The molecule has 1 aromatic heterocycles. The maximum Gasteiger partial charge on any atom is 0.312 e. The highest BCUT2D eigenvalue weighted by atomic mass is 19.1. The Labute approximate surface area is 180 Å². The summed E-state index contributed by atoms with van der Waals surface area (Å²) in [5.41, 5.74) is 0.453. The van der Waals surface area contributed by atoms with E-state index in [1.54, 1.807) is 24.3 Å². The molecule has 0 aliphatic carbocycles. The summed E-state index contributed by atoms with van der Waals surface area (Å²) in [5, 5.41) is 20.8. The fraction of sp³-hybridized carbons (Fsp3) is 0.348. The van der Waals surface area contributed by atoms with E-state index in [0.717, 1.165) is 25.7 Å². The number of hydrogen-bond donors (Lipinski definition) is 2. The molecule has 164 valence electrons. The molecule has 0 saturated heterocycles. The Hall–Kier alpha value is -3.42. The highest BCUT2D eigenvalue weighted by Crippen LogP contribution is 2.34. The highest BCUT2D eigenvalue weighted by molar-refractivity contribution is 5.69. The molecule has 0 radical (unpaired) electrons. The van der Waals surface area contributed by atoms with Crippen LogP contribution in [0.1, 0.15) is 39.5 Å². The number of hydrogen-bond acceptors (Lipinski definition) is 7. The van der Waals surface area contributed by atoms with Gasteiger partial charge in [-0.3, -0.25) is 0 Å². The van der Waals surface area contributed by atoms with Crippen molar-refractivity contribution in [2.24, 2.45) is 0 Å². The minimum absolute atomic E-state index is 0.0530. The zero-order valence-electron chi connectivity index (χ0n) is 17.6. The summed E-state index contributed by atoms with van der Waals surface area (Å²) in [4.78, 5) is 11.6. The maximum absolute atomic E-state index is 14.2. The summed E-state index contributed by atoms with van der Waals surface area (Å²) in [6.45, 7) is 5.19. The van der Waals surface area contributed by atoms with Crippen LogP contribution < -0.4 is 9.47 Å². The van der Waals surface area contributed by atoms with Crippen molar-refractivity contribution in [2.45, 2.75) is 39.5 Å². The van der Waals surface area contributed by atoms with Crippen LogP contribution in [-0.2, 0) is 0 Å². The number of phenols is 2. The van der Waals surface area contributed by atoms with Crippen molar-refractivity contribution in [2.75, 3.05) is 13.2 Å². The highest BCUT2D eigenvalue weighted by Gasteiger charge is 2.16. The van der Waals surface area contributed by atoms with Crippen molar-refractivity contribution < 1.29 is 24.1 Å². The van der Waals surface area contributed by atoms with Crippen LogP contribution in [0.5, 0.6) is 23.0 Å². The van der Waals surface area contributed by atoms with Gasteiger partial charge in [-0.1, -0.05) is 26.7 Å². The van der Waals surface area contributed by atoms with E-state index in [1.165, 1.54) is 12.1 Å². The minimum atomic E-state index is -1.02. The van der Waals surface area contributed by atoms with Crippen LogP contribution in [0.3, 0.4) is 0 Å². The van der Waals surface area contributed by atoms with E-state index < -0.39 is 6.08 Å². The van der Waals surface area contributed by atoms with Gasteiger partial charge in [0.2, 0.25) is 0 Å². The molecule has 7 nitrogen and oxygen atoms in total. The van der Waals surface area contributed by atoms with Gasteiger partial charge in [0.1, 0.15) is 23.0 Å². The van der Waals surface area contributed by atoms with Gasteiger partial charge in [-0.25, -0.2) is 4.98 Å². The second kappa shape index (κ2) is 10.6. The molecule has 0 unspecified atom stereocenters. The molecule has 2 aromatic carbocycles. The average Bonchev–Trinajstić information content (AvgIpc) is 2.74. The van der Waals surface area contributed by atoms with Crippen molar-refractivity contribution in [1.82, 2.24) is 15.0 Å². The van der Waals surface area contributed by atoms with Crippen molar-refractivity contribution in [3.05, 3.63) is 42.5 Å². The smallest absolute Gasteiger partial charge is 0.312 e. The molecule has 3 aromatic rings. The molecule has 0 saturated carbocycles. The molecule has 3 rings (SSSR count). The van der Waals surface area contributed by atoms with E-state index in [0.29, 0.717) is 24.7 Å². The Morgan fingerprint density at radius 2 is 1.19 bits per heavy atom. The van der Waals surface area contributed by atoms with Crippen LogP contribution >= 0.6 is 0 Å². The molecular formula is C23H26FN3O4. The fourth-order valence-corrected chi connectivity index (χ4v) is 2.84. The largest absolute Gasteiger partial charge is 0.507 e. The summed E-state index contributed by atoms with van der Waals surface area (Å²) in [6, 6.07) is 9.30. The summed E-state index contributed by atoms with van der Waals surface area (Å²) in [6.07, 6.45) is 2.77. The molecule has 0 fully saturated rings. The number of aromatic nitrogens is 3. The van der Waals surface area contributed by atoms with Crippen LogP contribution in [0.25, 0.3) is 22.8 Å². The number of phenolic OH excluding ortho intramolecular Hbond substituents is 2. The first-order chi connectivity index (χ1) is 15.0. The van der Waals surface area contributed by atoms with Crippen LogP contribution in [0.4, 0.5) is 4.39 Å². The van der Waals surface area contributed by atoms with Gasteiger partial charge in [0.25, 0.3) is 0 Å². The third-order valence-corrected chi connectivity index (χ3v) is 4.56. The molecule has 1 heterocycles. The second-order valence-electron chi connectivity index (χ2n) is 7.01. The molecule has 0 amide bonds. The van der Waals surface area contributed by atoms with E-state index >= 15 is 0 Å². The number of ether oxygens (including phenoxy) is 2. The maximum atomic E-state index is 14.2. The molecule has 0 bridgehead atoms. The van der Waals surface area contributed by atoms with Gasteiger partial charge >= 0.3 is 6.08 Å². The third kappa shape index (κ3) is 5.81. The monoisotopic (exact) mass is 427 g/mol. The molecule has 0 aliphatic rings. The lowest BCUT2D eigenvalue weighted by atomic mass is 10.1. The zero-order valence-corrected chi connectivity index (χ0v) is 17.6. The van der Waals surface area contributed by atoms with E-state index in [9.17, 15) is 14.6 Å². The van der Waals surface area contributed by atoms with Crippen LogP contribution in [0, 0.1) is 6.08 Å². The third-order valence-electron chi connectivity index (χ3n) is 4.56. The SMILES string of the molecule is CCCCOc1ccc(-c2nc(F)nc(-c3ccc(OCCCC)cc3O)n2)c(O)c1. The van der Waals surface area contributed by atoms with Gasteiger partial charge in [0, 0.05) is 12.1 Å². The fourth-order valence-electron chi connectivity index (χ4n) is 2.84. The van der Waals surface area contributed by atoms with Gasteiger partial charge in [0.15, 0.2) is 11.6 Å². The number of benzene rings is 2. The number of aromatic hydroxyl groups is 2. The Morgan fingerprint density at radius 1 is 0.742 bits per heavy atom. The lowest BCUT2D eigenvalue weighted by Gasteiger charge is -2.10. The average molecular weight is 427 g/mol. The zero-order chi connectivity index (χ0) is 22.2. The summed E-state index contributed by atoms with van der Waals surface area (Å²) < 4.78 is 25.3. The number of rotatable bonds is 10. The van der Waals surface area contributed by atoms with Gasteiger partial charge < -0.3 is 19.7 Å². The molecular weight excluding hydrogens is 401 g/mol. The van der Waals surface area contributed by atoms with Gasteiger partial charge in [-0.15, -0.1) is 0 Å². The second-order valence-corrected chi connectivity index (χ2v) is 7.01. The predicted octanol–water partition coefficient (Wildman–Crippen LogP) is 5.11. The van der Waals surface area contributed by atoms with Crippen LogP contribution in [0.2, 0.25) is 0 Å². The lowest BCUT2D eigenvalue weighted by molar-refractivity contribution is 0.307. The Balaban J connectivity index is 1.87. The quantitative estimate of drug-likeness (QED) is 0.434.